The maximum atomic E-state index is 14.3. The Morgan fingerprint density at radius 1 is 0.941 bits per heavy atom. The molecule has 0 aromatic heterocycles. The van der Waals surface area contributed by atoms with Crippen LogP contribution >= 0.6 is 0 Å². The van der Waals surface area contributed by atoms with Gasteiger partial charge in [-0.15, -0.1) is 0 Å². The summed E-state index contributed by atoms with van der Waals surface area (Å²) in [5.41, 5.74) is 2.59. The molecule has 0 unspecified atom stereocenters. The van der Waals surface area contributed by atoms with Crippen molar-refractivity contribution in [2.45, 2.75) is 69.9 Å². The number of hydrogen-bond acceptors (Lipinski definition) is 3. The molecular weight excluding hydrogens is 424 g/mol. The first kappa shape index (κ1) is 22.9. The van der Waals surface area contributed by atoms with Crippen LogP contribution in [0.4, 0.5) is 0 Å². The van der Waals surface area contributed by atoms with Crippen molar-refractivity contribution in [3.8, 4) is 5.75 Å². The van der Waals surface area contributed by atoms with Crippen LogP contribution in [0.15, 0.2) is 48.5 Å². The Labute approximate surface area is 203 Å². The number of methoxy groups -OCH3 is 1. The van der Waals surface area contributed by atoms with Gasteiger partial charge in [-0.05, 0) is 60.9 Å². The van der Waals surface area contributed by atoms with Crippen LogP contribution in [0.25, 0.3) is 0 Å². The van der Waals surface area contributed by atoms with Crippen LogP contribution in [0.5, 0.6) is 5.75 Å². The van der Waals surface area contributed by atoms with E-state index in [1.807, 2.05) is 48.5 Å². The summed E-state index contributed by atoms with van der Waals surface area (Å²) in [6.07, 6.45) is 7.70. The molecule has 2 aliphatic heterocycles. The normalized spacial score (nSPS) is 25.7. The van der Waals surface area contributed by atoms with E-state index in [1.54, 1.807) is 7.11 Å². The minimum absolute atomic E-state index is 0.0689. The minimum Gasteiger partial charge on any atom is -0.497 e. The van der Waals surface area contributed by atoms with Gasteiger partial charge in [0.25, 0.3) is 5.91 Å². The molecule has 180 valence electrons. The van der Waals surface area contributed by atoms with E-state index in [2.05, 4.69) is 16.7 Å². The molecule has 2 amide bonds. The lowest BCUT2D eigenvalue weighted by atomic mass is 9.76. The molecule has 0 radical (unpaired) electrons. The van der Waals surface area contributed by atoms with Gasteiger partial charge in [0.15, 0.2) is 0 Å². The van der Waals surface area contributed by atoms with Crippen molar-refractivity contribution in [2.75, 3.05) is 20.2 Å². The average Bonchev–Trinajstić information content (AvgIpc) is 2.89. The Bertz CT molecular complexity index is 1030. The second-order valence-corrected chi connectivity index (χ2v) is 10.3. The highest BCUT2D eigenvalue weighted by Crippen LogP contribution is 2.47. The summed E-state index contributed by atoms with van der Waals surface area (Å²) in [5.74, 6) is 1.12. The molecule has 5 nitrogen and oxygen atoms in total. The second kappa shape index (κ2) is 9.81. The van der Waals surface area contributed by atoms with Gasteiger partial charge in [-0.1, -0.05) is 56.5 Å². The van der Waals surface area contributed by atoms with Crippen LogP contribution in [0.3, 0.4) is 0 Å². The van der Waals surface area contributed by atoms with Gasteiger partial charge in [-0.25, -0.2) is 0 Å². The molecule has 1 saturated heterocycles. The van der Waals surface area contributed by atoms with Crippen molar-refractivity contribution in [2.24, 2.45) is 5.92 Å². The van der Waals surface area contributed by atoms with Crippen molar-refractivity contribution >= 4 is 11.8 Å². The fourth-order valence-corrected chi connectivity index (χ4v) is 6.32. The van der Waals surface area contributed by atoms with Gasteiger partial charge < -0.3 is 14.5 Å². The molecule has 5 heteroatoms. The zero-order valence-electron chi connectivity index (χ0n) is 20.4. The monoisotopic (exact) mass is 460 g/mol. The number of hydrogen-bond donors (Lipinski definition) is 0. The first-order valence-corrected chi connectivity index (χ1v) is 12.9. The summed E-state index contributed by atoms with van der Waals surface area (Å²) in [5, 5.41) is 0. The molecule has 0 bridgehead atoms. The average molecular weight is 461 g/mol. The van der Waals surface area contributed by atoms with Gasteiger partial charge in [0.05, 0.1) is 19.1 Å². The summed E-state index contributed by atoms with van der Waals surface area (Å²) in [6, 6.07) is 15.6. The van der Waals surface area contributed by atoms with E-state index >= 15 is 0 Å². The molecule has 2 heterocycles. The van der Waals surface area contributed by atoms with Crippen LogP contribution in [0, 0.1) is 5.92 Å². The zero-order valence-corrected chi connectivity index (χ0v) is 20.4. The van der Waals surface area contributed by atoms with Crippen molar-refractivity contribution in [3.63, 3.8) is 0 Å². The third-order valence-electron chi connectivity index (χ3n) is 8.04. The largest absolute Gasteiger partial charge is 0.497 e. The predicted molar refractivity (Wildman–Crippen MR) is 133 cm³/mol. The fraction of sp³-hybridized carbons (Fsp3) is 0.517. The van der Waals surface area contributed by atoms with Gasteiger partial charge in [0.1, 0.15) is 5.75 Å². The smallest absolute Gasteiger partial charge is 0.254 e. The summed E-state index contributed by atoms with van der Waals surface area (Å²) in [7, 11) is 1.66. The third-order valence-corrected chi connectivity index (χ3v) is 8.04. The molecule has 5 rings (SSSR count). The maximum absolute atomic E-state index is 14.3. The Balaban J connectivity index is 1.64. The fourth-order valence-electron chi connectivity index (χ4n) is 6.32. The summed E-state index contributed by atoms with van der Waals surface area (Å²) in [6.45, 7) is 3.83. The molecule has 3 aliphatic rings. The zero-order chi connectivity index (χ0) is 23.7. The quantitative estimate of drug-likeness (QED) is 0.600. The number of rotatable bonds is 4. The molecule has 2 aromatic carbocycles. The van der Waals surface area contributed by atoms with E-state index in [1.165, 1.54) is 12.8 Å². The number of ether oxygens (including phenoxy) is 1. The first-order valence-electron chi connectivity index (χ1n) is 12.9. The number of fused-ring (bicyclic) bond motifs is 1. The Hall–Kier alpha value is -2.82. The number of benzene rings is 2. The van der Waals surface area contributed by atoms with E-state index in [-0.39, 0.29) is 23.9 Å². The summed E-state index contributed by atoms with van der Waals surface area (Å²) >= 11 is 0. The van der Waals surface area contributed by atoms with E-state index in [0.717, 1.165) is 62.1 Å². The lowest BCUT2D eigenvalue weighted by Gasteiger charge is -2.48. The molecule has 2 aromatic rings. The van der Waals surface area contributed by atoms with Crippen LogP contribution in [0.1, 0.15) is 85.3 Å². The SMILES string of the molecule is COc1ccc([C@@H]2[C@@H](C(=O)N3CCC[C@@H](C)C3)c3ccccc3C(=O)N2C2CCCCC2)cc1. The topological polar surface area (TPSA) is 49.9 Å². The first-order chi connectivity index (χ1) is 16.6. The number of carbonyl (C=O) groups excluding carboxylic acids is 2. The number of amides is 2. The van der Waals surface area contributed by atoms with Gasteiger partial charge in [0.2, 0.25) is 5.91 Å². The van der Waals surface area contributed by atoms with E-state index in [4.69, 9.17) is 4.74 Å². The molecule has 2 fully saturated rings. The highest BCUT2D eigenvalue weighted by molar-refractivity contribution is 6.01. The minimum atomic E-state index is -0.394. The maximum Gasteiger partial charge on any atom is 0.254 e. The van der Waals surface area contributed by atoms with Gasteiger partial charge in [0, 0.05) is 24.7 Å². The van der Waals surface area contributed by atoms with Crippen molar-refractivity contribution < 1.29 is 14.3 Å². The number of likely N-dealkylation sites (tertiary alicyclic amines) is 1. The summed E-state index contributed by atoms with van der Waals surface area (Å²) in [4.78, 5) is 32.4. The van der Waals surface area contributed by atoms with Crippen LogP contribution < -0.4 is 4.74 Å². The third kappa shape index (κ3) is 4.21. The highest BCUT2D eigenvalue weighted by atomic mass is 16.5. The lowest BCUT2D eigenvalue weighted by molar-refractivity contribution is -0.136. The standard InChI is InChI=1S/C29H36N2O3/c1-20-9-8-18-30(19-20)29(33)26-24-12-6-7-13-25(24)28(32)31(22-10-4-3-5-11-22)27(26)21-14-16-23(34-2)17-15-21/h6-7,12-17,20,22,26-27H,3-5,8-11,18-19H2,1-2H3/t20-,26+,27-/m1/s1. The molecule has 0 spiro atoms. The van der Waals surface area contributed by atoms with Crippen molar-refractivity contribution in [1.29, 1.82) is 0 Å². The van der Waals surface area contributed by atoms with Crippen LogP contribution in [0.2, 0.25) is 0 Å². The van der Waals surface area contributed by atoms with E-state index < -0.39 is 5.92 Å². The summed E-state index contributed by atoms with van der Waals surface area (Å²) < 4.78 is 5.40. The molecular formula is C29H36N2O3. The predicted octanol–water partition coefficient (Wildman–Crippen LogP) is 5.57. The van der Waals surface area contributed by atoms with Crippen molar-refractivity contribution in [3.05, 3.63) is 65.2 Å². The highest BCUT2D eigenvalue weighted by Gasteiger charge is 2.48. The van der Waals surface area contributed by atoms with Gasteiger partial charge in [-0.2, -0.15) is 0 Å². The Kier molecular flexibility index (Phi) is 6.62. The molecule has 1 aliphatic carbocycles. The van der Waals surface area contributed by atoms with E-state index in [0.29, 0.717) is 11.5 Å². The van der Waals surface area contributed by atoms with E-state index in [9.17, 15) is 9.59 Å². The molecule has 34 heavy (non-hydrogen) atoms. The number of carbonyl (C=O) groups is 2. The Morgan fingerprint density at radius 2 is 1.68 bits per heavy atom. The van der Waals surface area contributed by atoms with Crippen molar-refractivity contribution in [1.82, 2.24) is 9.80 Å². The molecule has 3 atom stereocenters. The van der Waals surface area contributed by atoms with Gasteiger partial charge >= 0.3 is 0 Å². The second-order valence-electron chi connectivity index (χ2n) is 10.3. The van der Waals surface area contributed by atoms with Crippen LogP contribution in [-0.2, 0) is 4.79 Å². The van der Waals surface area contributed by atoms with Gasteiger partial charge in [-0.3, -0.25) is 9.59 Å². The molecule has 1 saturated carbocycles. The number of nitrogens with zero attached hydrogens (tertiary/aromatic N) is 2. The van der Waals surface area contributed by atoms with Crippen LogP contribution in [-0.4, -0.2) is 47.9 Å². The Morgan fingerprint density at radius 3 is 2.38 bits per heavy atom. The number of piperidine rings is 1. The molecule has 0 N–H and O–H groups in total. The lowest BCUT2D eigenvalue weighted by Crippen LogP contribution is -2.53.